The molecule has 0 bridgehead atoms. The molecule has 3 aliphatic rings. The van der Waals surface area contributed by atoms with Crippen molar-refractivity contribution in [3.8, 4) is 0 Å². The molecule has 3 rings (SSSR count). The van der Waals surface area contributed by atoms with E-state index in [1.54, 1.807) is 6.92 Å². The lowest BCUT2D eigenvalue weighted by Crippen LogP contribution is -2.53. The number of rotatable bonds is 4. The van der Waals surface area contributed by atoms with Gasteiger partial charge in [0.25, 0.3) is 0 Å². The number of allylic oxidation sites excluding steroid dienone is 1. The molecule has 0 aromatic heterocycles. The molecule has 0 radical (unpaired) electrons. The molecule has 2 aliphatic carbocycles. The van der Waals surface area contributed by atoms with Crippen LogP contribution in [0.2, 0.25) is 0 Å². The van der Waals surface area contributed by atoms with Crippen molar-refractivity contribution in [2.24, 2.45) is 29.1 Å². The van der Waals surface area contributed by atoms with Crippen LogP contribution in [0.5, 0.6) is 0 Å². The lowest BCUT2D eigenvalue weighted by molar-refractivity contribution is -0.134. The number of carbonyl (C=O) groups excluding carboxylic acids is 1. The van der Waals surface area contributed by atoms with Crippen LogP contribution in [-0.2, 0) is 9.53 Å². The first-order valence-corrected chi connectivity index (χ1v) is 9.63. The van der Waals surface area contributed by atoms with E-state index in [1.807, 2.05) is 6.92 Å². The molecule has 0 aromatic rings. The van der Waals surface area contributed by atoms with E-state index in [0.717, 1.165) is 32.3 Å². The maximum Gasteiger partial charge on any atom is 0.136 e. The maximum atomic E-state index is 12.1. The third kappa shape index (κ3) is 2.59. The predicted molar refractivity (Wildman–Crippen MR) is 95.6 cm³/mol. The van der Waals surface area contributed by atoms with Crippen molar-refractivity contribution in [2.45, 2.75) is 78.9 Å². The number of hydrogen-bond acceptors (Lipinski definition) is 3. The van der Waals surface area contributed by atoms with Gasteiger partial charge in [0.05, 0.1) is 18.3 Å². The second-order valence-corrected chi connectivity index (χ2v) is 9.30. The fourth-order valence-electron chi connectivity index (χ4n) is 5.79. The highest BCUT2D eigenvalue weighted by Gasteiger charge is 2.55. The smallest absolute Gasteiger partial charge is 0.136 e. The molecule has 3 heteroatoms. The lowest BCUT2D eigenvalue weighted by atomic mass is 9.56. The summed E-state index contributed by atoms with van der Waals surface area (Å²) in [5.74, 6) is 1.87. The van der Waals surface area contributed by atoms with Gasteiger partial charge < -0.3 is 9.84 Å². The quantitative estimate of drug-likeness (QED) is 0.786. The molecule has 3 nitrogen and oxygen atoms in total. The fraction of sp³-hybridized carbons (Fsp3) is 0.857. The van der Waals surface area contributed by atoms with Crippen LogP contribution in [0.1, 0.15) is 67.2 Å². The number of aliphatic hydroxyl groups is 1. The summed E-state index contributed by atoms with van der Waals surface area (Å²) in [4.78, 5) is 12.1. The molecule has 1 heterocycles. The maximum absolute atomic E-state index is 12.1. The minimum atomic E-state index is -0.727. The number of fused-ring (bicyclic) bond motifs is 1. The highest BCUT2D eigenvalue weighted by molar-refractivity contribution is 5.81. The van der Waals surface area contributed by atoms with E-state index < -0.39 is 5.60 Å². The van der Waals surface area contributed by atoms with Gasteiger partial charge in [-0.15, -0.1) is 0 Å². The van der Waals surface area contributed by atoms with Gasteiger partial charge in [-0.1, -0.05) is 38.8 Å². The Balaban J connectivity index is 1.89. The van der Waals surface area contributed by atoms with Crippen LogP contribution in [0.3, 0.4) is 0 Å². The van der Waals surface area contributed by atoms with E-state index in [2.05, 4.69) is 27.7 Å². The number of ketones is 1. The van der Waals surface area contributed by atoms with Crippen LogP contribution in [0.15, 0.2) is 11.1 Å². The monoisotopic (exact) mass is 334 g/mol. The Morgan fingerprint density at radius 3 is 2.58 bits per heavy atom. The molecule has 1 saturated heterocycles. The van der Waals surface area contributed by atoms with E-state index >= 15 is 0 Å². The van der Waals surface area contributed by atoms with Crippen LogP contribution in [-0.4, -0.2) is 29.2 Å². The normalized spacial score (nSPS) is 42.5. The fourth-order valence-corrected chi connectivity index (χ4v) is 5.79. The molecule has 0 spiro atoms. The third-order valence-electron chi connectivity index (χ3n) is 7.69. The van der Waals surface area contributed by atoms with Crippen molar-refractivity contribution in [2.75, 3.05) is 6.61 Å². The summed E-state index contributed by atoms with van der Waals surface area (Å²) in [5.41, 5.74) is 1.39. The SMILES string of the molecule is CC(=O)[C@H](C)C1=C(C)CC[C@@](O)(CC2C(C)CC3OCC32)C1(C)C. The van der Waals surface area contributed by atoms with Gasteiger partial charge in [-0.25, -0.2) is 0 Å². The molecule has 4 unspecified atom stereocenters. The molecule has 24 heavy (non-hydrogen) atoms. The highest BCUT2D eigenvalue weighted by atomic mass is 16.5. The molecule has 6 atom stereocenters. The van der Waals surface area contributed by atoms with Gasteiger partial charge in [0.15, 0.2) is 0 Å². The van der Waals surface area contributed by atoms with E-state index in [1.165, 1.54) is 11.1 Å². The second kappa shape index (κ2) is 5.95. The Hall–Kier alpha value is -0.670. The summed E-state index contributed by atoms with van der Waals surface area (Å²) in [6.07, 6.45) is 4.11. The van der Waals surface area contributed by atoms with Gasteiger partial charge in [-0.05, 0) is 51.4 Å². The number of carbonyl (C=O) groups is 1. The minimum Gasteiger partial charge on any atom is -0.389 e. The molecule has 136 valence electrons. The first kappa shape index (κ1) is 18.1. The Morgan fingerprint density at radius 2 is 2.08 bits per heavy atom. The zero-order valence-electron chi connectivity index (χ0n) is 16.2. The summed E-state index contributed by atoms with van der Waals surface area (Å²) in [7, 11) is 0. The first-order chi connectivity index (χ1) is 11.1. The van der Waals surface area contributed by atoms with E-state index in [0.29, 0.717) is 23.9 Å². The van der Waals surface area contributed by atoms with Crippen LogP contribution >= 0.6 is 0 Å². The van der Waals surface area contributed by atoms with Crippen molar-refractivity contribution >= 4 is 5.78 Å². The summed E-state index contributed by atoms with van der Waals surface area (Å²) in [6, 6.07) is 0. The van der Waals surface area contributed by atoms with Crippen LogP contribution < -0.4 is 0 Å². The molecule has 2 fully saturated rings. The molecule has 1 saturated carbocycles. The largest absolute Gasteiger partial charge is 0.389 e. The van der Waals surface area contributed by atoms with Crippen molar-refractivity contribution in [3.05, 3.63) is 11.1 Å². The van der Waals surface area contributed by atoms with Crippen LogP contribution in [0.25, 0.3) is 0 Å². The number of ether oxygens (including phenoxy) is 1. The van der Waals surface area contributed by atoms with Gasteiger partial charge in [0, 0.05) is 17.3 Å². The third-order valence-corrected chi connectivity index (χ3v) is 7.69. The Morgan fingerprint density at radius 1 is 1.42 bits per heavy atom. The van der Waals surface area contributed by atoms with E-state index in [-0.39, 0.29) is 17.1 Å². The zero-order valence-corrected chi connectivity index (χ0v) is 16.2. The van der Waals surface area contributed by atoms with Crippen molar-refractivity contribution in [1.82, 2.24) is 0 Å². The molecule has 1 N–H and O–H groups in total. The van der Waals surface area contributed by atoms with Gasteiger partial charge in [-0.3, -0.25) is 4.79 Å². The lowest BCUT2D eigenvalue weighted by Gasteiger charge is -2.52. The number of Topliss-reactive ketones (excluding diaryl/α,β-unsaturated/α-hetero) is 1. The molecule has 0 aromatic carbocycles. The molecule has 1 aliphatic heterocycles. The van der Waals surface area contributed by atoms with Gasteiger partial charge in [0.2, 0.25) is 0 Å². The summed E-state index contributed by atoms with van der Waals surface area (Å²) in [5, 5.41) is 11.7. The van der Waals surface area contributed by atoms with Gasteiger partial charge in [-0.2, -0.15) is 0 Å². The molecular formula is C21H34O3. The van der Waals surface area contributed by atoms with Crippen LogP contribution in [0.4, 0.5) is 0 Å². The van der Waals surface area contributed by atoms with Crippen LogP contribution in [0, 0.1) is 29.1 Å². The highest BCUT2D eigenvalue weighted by Crippen LogP contribution is 2.56. The topological polar surface area (TPSA) is 46.5 Å². The zero-order chi connectivity index (χ0) is 17.9. The van der Waals surface area contributed by atoms with E-state index in [4.69, 9.17) is 4.74 Å². The first-order valence-electron chi connectivity index (χ1n) is 9.63. The number of hydrogen-bond donors (Lipinski definition) is 1. The average Bonchev–Trinajstić information content (AvgIpc) is 2.66. The van der Waals surface area contributed by atoms with Crippen molar-refractivity contribution in [1.29, 1.82) is 0 Å². The Bertz CT molecular complexity index is 561. The Kier molecular flexibility index (Phi) is 4.49. The summed E-state index contributed by atoms with van der Waals surface area (Å²) in [6.45, 7) is 13.3. The summed E-state index contributed by atoms with van der Waals surface area (Å²) >= 11 is 0. The predicted octanol–water partition coefficient (Wildman–Crippen LogP) is 4.14. The summed E-state index contributed by atoms with van der Waals surface area (Å²) < 4.78 is 5.70. The minimum absolute atomic E-state index is 0.104. The van der Waals surface area contributed by atoms with Crippen molar-refractivity contribution in [3.63, 3.8) is 0 Å². The molecular weight excluding hydrogens is 300 g/mol. The van der Waals surface area contributed by atoms with Gasteiger partial charge >= 0.3 is 0 Å². The van der Waals surface area contributed by atoms with E-state index in [9.17, 15) is 9.90 Å². The Labute approximate surface area is 146 Å². The van der Waals surface area contributed by atoms with Gasteiger partial charge in [0.1, 0.15) is 5.78 Å². The molecule has 0 amide bonds. The van der Waals surface area contributed by atoms with Crippen molar-refractivity contribution < 1.29 is 14.6 Å². The average molecular weight is 335 g/mol. The second-order valence-electron chi connectivity index (χ2n) is 9.30. The standard InChI is InChI=1S/C21H34O3/c1-12-7-8-21(23,20(5,6)19(12)14(3)15(4)22)10-16-13(2)9-18-17(16)11-24-18/h13-14,16-18,23H,7-11H2,1-6H3/t13?,14-,16?,17?,18?,21+/m0/s1.